The van der Waals surface area contributed by atoms with Crippen molar-refractivity contribution in [2.75, 3.05) is 5.32 Å². The summed E-state index contributed by atoms with van der Waals surface area (Å²) in [6.07, 6.45) is 3.87. The van der Waals surface area contributed by atoms with Gasteiger partial charge in [-0.25, -0.2) is 4.98 Å². The number of anilines is 1. The summed E-state index contributed by atoms with van der Waals surface area (Å²) >= 11 is 0. The van der Waals surface area contributed by atoms with E-state index in [1.807, 2.05) is 37.4 Å². The first-order valence-electron chi connectivity index (χ1n) is 7.42. The third kappa shape index (κ3) is 2.26. The molecule has 0 spiro atoms. The van der Waals surface area contributed by atoms with Crippen LogP contribution in [0.1, 0.15) is 6.92 Å². The zero-order chi connectivity index (χ0) is 16.0. The van der Waals surface area contributed by atoms with Crippen LogP contribution in [0.2, 0.25) is 0 Å². The summed E-state index contributed by atoms with van der Waals surface area (Å²) in [4.78, 5) is 19.0. The van der Waals surface area contributed by atoms with Gasteiger partial charge in [-0.2, -0.15) is 0 Å². The number of rotatable bonds is 2. The zero-order valence-electron chi connectivity index (χ0n) is 12.9. The second kappa shape index (κ2) is 4.98. The number of benzene rings is 1. The molecule has 0 unspecified atom stereocenters. The summed E-state index contributed by atoms with van der Waals surface area (Å²) in [5, 5.41) is 5.01. The summed E-state index contributed by atoms with van der Waals surface area (Å²) in [5.41, 5.74) is 4.89. The monoisotopic (exact) mass is 304 g/mol. The maximum absolute atomic E-state index is 11.3. The molecule has 0 radical (unpaired) electrons. The highest BCUT2D eigenvalue weighted by Gasteiger charge is 2.12. The van der Waals surface area contributed by atoms with Crippen LogP contribution in [0.4, 0.5) is 5.69 Å². The maximum Gasteiger partial charge on any atom is 0.221 e. The van der Waals surface area contributed by atoms with Gasteiger partial charge in [0.2, 0.25) is 5.91 Å². The van der Waals surface area contributed by atoms with E-state index in [0.717, 1.165) is 38.9 Å². The molecule has 0 saturated carbocycles. The normalized spacial score (nSPS) is 11.2. The fraction of sp³-hybridized carbons (Fsp3) is 0.111. The van der Waals surface area contributed by atoms with Crippen LogP contribution in [0.25, 0.3) is 33.2 Å². The Balaban J connectivity index is 1.92. The van der Waals surface area contributed by atoms with Gasteiger partial charge in [-0.15, -0.1) is 0 Å². The van der Waals surface area contributed by atoms with E-state index in [1.54, 1.807) is 6.20 Å². The molecule has 1 aromatic carbocycles. The number of aryl methyl sites for hydroxylation is 1. The standard InChI is InChI=1S/C18H16N4O/c1-11(23)20-13-5-6-17-14(9-13)15(10-22(17)2)16-8-12-4-3-7-19-18(12)21-16/h3-10H,1-2H3,(H,19,21)(H,20,23). The first-order chi connectivity index (χ1) is 11.1. The van der Waals surface area contributed by atoms with Crippen LogP contribution < -0.4 is 5.32 Å². The molecule has 1 amide bonds. The molecule has 0 bridgehead atoms. The van der Waals surface area contributed by atoms with Gasteiger partial charge in [-0.1, -0.05) is 0 Å². The van der Waals surface area contributed by atoms with Gasteiger partial charge in [0.15, 0.2) is 0 Å². The SMILES string of the molecule is CC(=O)Nc1ccc2c(c1)c(-c1cc3cccnc3[nH]1)cn2C. The molecule has 3 heterocycles. The largest absolute Gasteiger partial charge is 0.350 e. The number of aromatic amines is 1. The van der Waals surface area contributed by atoms with Crippen molar-refractivity contribution >= 4 is 33.5 Å². The lowest BCUT2D eigenvalue weighted by Gasteiger charge is -2.03. The third-order valence-electron chi connectivity index (χ3n) is 3.99. The highest BCUT2D eigenvalue weighted by molar-refractivity contribution is 6.01. The molecule has 2 N–H and O–H groups in total. The number of H-pyrrole nitrogens is 1. The van der Waals surface area contributed by atoms with Crippen molar-refractivity contribution < 1.29 is 4.79 Å². The molecule has 0 atom stereocenters. The van der Waals surface area contributed by atoms with Crippen LogP contribution in [0.3, 0.4) is 0 Å². The molecule has 4 aromatic rings. The topological polar surface area (TPSA) is 62.7 Å². The Hall–Kier alpha value is -3.08. The van der Waals surface area contributed by atoms with E-state index in [-0.39, 0.29) is 5.91 Å². The van der Waals surface area contributed by atoms with Gasteiger partial charge in [-0.3, -0.25) is 4.79 Å². The number of amides is 1. The number of hydrogen-bond donors (Lipinski definition) is 2. The number of nitrogens with one attached hydrogen (secondary N) is 2. The fourth-order valence-electron chi connectivity index (χ4n) is 2.99. The van der Waals surface area contributed by atoms with Crippen LogP contribution >= 0.6 is 0 Å². The van der Waals surface area contributed by atoms with Crippen molar-refractivity contribution in [3.05, 3.63) is 48.8 Å². The quantitative estimate of drug-likeness (QED) is 0.593. The second-order valence-electron chi connectivity index (χ2n) is 5.69. The lowest BCUT2D eigenvalue weighted by molar-refractivity contribution is -0.114. The summed E-state index contributed by atoms with van der Waals surface area (Å²) in [6.45, 7) is 1.51. The summed E-state index contributed by atoms with van der Waals surface area (Å²) in [5.74, 6) is -0.0726. The van der Waals surface area contributed by atoms with E-state index in [2.05, 4.69) is 32.1 Å². The average Bonchev–Trinajstić information content (AvgIpc) is 3.08. The lowest BCUT2D eigenvalue weighted by Crippen LogP contribution is -2.05. The summed E-state index contributed by atoms with van der Waals surface area (Å²) in [7, 11) is 2.02. The van der Waals surface area contributed by atoms with E-state index in [1.165, 1.54) is 6.92 Å². The van der Waals surface area contributed by atoms with Crippen molar-refractivity contribution in [1.29, 1.82) is 0 Å². The van der Waals surface area contributed by atoms with Crippen molar-refractivity contribution in [2.24, 2.45) is 7.05 Å². The molecule has 5 heteroatoms. The van der Waals surface area contributed by atoms with E-state index in [9.17, 15) is 4.79 Å². The lowest BCUT2D eigenvalue weighted by atomic mass is 10.1. The van der Waals surface area contributed by atoms with E-state index in [0.29, 0.717) is 0 Å². The number of carbonyl (C=O) groups is 1. The number of nitrogens with zero attached hydrogens (tertiary/aromatic N) is 2. The van der Waals surface area contributed by atoms with Gasteiger partial charge in [0.25, 0.3) is 0 Å². The van der Waals surface area contributed by atoms with Gasteiger partial charge in [0.05, 0.1) is 0 Å². The van der Waals surface area contributed by atoms with Gasteiger partial charge in [-0.05, 0) is 36.4 Å². The van der Waals surface area contributed by atoms with Gasteiger partial charge in [0.1, 0.15) is 5.65 Å². The van der Waals surface area contributed by atoms with E-state index < -0.39 is 0 Å². The van der Waals surface area contributed by atoms with Crippen LogP contribution in [-0.4, -0.2) is 20.4 Å². The minimum Gasteiger partial charge on any atom is -0.350 e. The number of fused-ring (bicyclic) bond motifs is 2. The van der Waals surface area contributed by atoms with Crippen LogP contribution in [0, 0.1) is 0 Å². The van der Waals surface area contributed by atoms with Gasteiger partial charge in [0, 0.05) is 59.6 Å². The minimum absolute atomic E-state index is 0.0726. The number of hydrogen-bond acceptors (Lipinski definition) is 2. The maximum atomic E-state index is 11.3. The first kappa shape index (κ1) is 13.6. The molecule has 114 valence electrons. The molecule has 3 aromatic heterocycles. The smallest absolute Gasteiger partial charge is 0.221 e. The molecule has 0 fully saturated rings. The summed E-state index contributed by atoms with van der Waals surface area (Å²) in [6, 6.07) is 12.0. The molecule has 5 nitrogen and oxygen atoms in total. The Kier molecular flexibility index (Phi) is 2.94. The number of aromatic nitrogens is 3. The molecule has 0 saturated heterocycles. The third-order valence-corrected chi connectivity index (χ3v) is 3.99. The van der Waals surface area contributed by atoms with E-state index in [4.69, 9.17) is 0 Å². The number of carbonyl (C=O) groups excluding carboxylic acids is 1. The van der Waals surface area contributed by atoms with Crippen LogP contribution in [0.15, 0.2) is 48.8 Å². The van der Waals surface area contributed by atoms with Gasteiger partial charge < -0.3 is 14.9 Å². The van der Waals surface area contributed by atoms with Crippen molar-refractivity contribution in [2.45, 2.75) is 6.92 Å². The molecule has 23 heavy (non-hydrogen) atoms. The fourth-order valence-corrected chi connectivity index (χ4v) is 2.99. The molecular weight excluding hydrogens is 288 g/mol. The van der Waals surface area contributed by atoms with Crippen LogP contribution in [0.5, 0.6) is 0 Å². The van der Waals surface area contributed by atoms with Crippen LogP contribution in [-0.2, 0) is 11.8 Å². The Morgan fingerprint density at radius 1 is 1.26 bits per heavy atom. The molecule has 0 aliphatic carbocycles. The number of pyridine rings is 1. The molecular formula is C18H16N4O. The van der Waals surface area contributed by atoms with Crippen molar-refractivity contribution in [1.82, 2.24) is 14.5 Å². The minimum atomic E-state index is -0.0726. The van der Waals surface area contributed by atoms with Gasteiger partial charge >= 0.3 is 0 Å². The Labute approximate surface area is 133 Å². The predicted octanol–water partition coefficient (Wildman–Crippen LogP) is 3.68. The van der Waals surface area contributed by atoms with E-state index >= 15 is 0 Å². The highest BCUT2D eigenvalue weighted by atomic mass is 16.1. The summed E-state index contributed by atoms with van der Waals surface area (Å²) < 4.78 is 2.08. The zero-order valence-corrected chi connectivity index (χ0v) is 12.9. The van der Waals surface area contributed by atoms with Crippen molar-refractivity contribution in [3.8, 4) is 11.3 Å². The Morgan fingerprint density at radius 2 is 2.13 bits per heavy atom. The Bertz CT molecular complexity index is 1010. The first-order valence-corrected chi connectivity index (χ1v) is 7.42. The van der Waals surface area contributed by atoms with Crippen molar-refractivity contribution in [3.63, 3.8) is 0 Å². The molecule has 0 aliphatic heterocycles. The highest BCUT2D eigenvalue weighted by Crippen LogP contribution is 2.33. The predicted molar refractivity (Wildman–Crippen MR) is 92.3 cm³/mol. The molecule has 4 rings (SSSR count). The average molecular weight is 304 g/mol. The Morgan fingerprint density at radius 3 is 2.91 bits per heavy atom. The molecule has 0 aliphatic rings. The second-order valence-corrected chi connectivity index (χ2v) is 5.69.